The molecule has 0 fully saturated rings. The van der Waals surface area contributed by atoms with Crippen LogP contribution >= 0.6 is 0 Å². The molecule has 8 heteroatoms. The molecule has 0 aliphatic rings. The van der Waals surface area contributed by atoms with Gasteiger partial charge in [-0.1, -0.05) is 0 Å². The normalized spacial score (nSPS) is 11.0. The molecule has 2 aromatic rings. The number of ether oxygens (including phenoxy) is 3. The smallest absolute Gasteiger partial charge is 0.493 e. The minimum absolute atomic E-state index is 0.184. The summed E-state index contributed by atoms with van der Waals surface area (Å²) in [7, 11) is 2.97. The Kier molecular flexibility index (Phi) is 5.41. The van der Waals surface area contributed by atoms with Crippen LogP contribution in [-0.2, 0) is 0 Å². The van der Waals surface area contributed by atoms with E-state index in [-0.39, 0.29) is 5.56 Å². The number of methoxy groups -OCH3 is 2. The van der Waals surface area contributed by atoms with E-state index in [0.717, 1.165) is 17.7 Å². The number of alkyl halides is 3. The highest BCUT2D eigenvalue weighted by Gasteiger charge is 2.31. The summed E-state index contributed by atoms with van der Waals surface area (Å²) < 4.78 is 50.5. The Hall–Kier alpha value is -2.90. The Labute approximate surface area is 142 Å². The van der Waals surface area contributed by atoms with Gasteiger partial charge in [-0.2, -0.15) is 0 Å². The van der Waals surface area contributed by atoms with Gasteiger partial charge in [0, 0.05) is 17.3 Å². The van der Waals surface area contributed by atoms with Crippen LogP contribution in [0.25, 0.3) is 0 Å². The molecule has 1 amide bonds. The first-order valence-electron chi connectivity index (χ1n) is 7.13. The van der Waals surface area contributed by atoms with Gasteiger partial charge in [-0.15, -0.1) is 13.2 Å². The number of amides is 1. The third-order valence-electron chi connectivity index (χ3n) is 3.33. The number of benzene rings is 2. The molecule has 0 aliphatic carbocycles. The lowest BCUT2D eigenvalue weighted by Gasteiger charge is -2.14. The third-order valence-corrected chi connectivity index (χ3v) is 3.33. The van der Waals surface area contributed by atoms with E-state index in [4.69, 9.17) is 9.47 Å². The average Bonchev–Trinajstić information content (AvgIpc) is 2.55. The van der Waals surface area contributed by atoms with E-state index < -0.39 is 18.0 Å². The Morgan fingerprint density at radius 1 is 1.00 bits per heavy atom. The molecule has 0 bridgehead atoms. The standard InChI is InChI=1S/C17H16F3NO4/c1-10-8-14(23-2)15(24-3)9-13(10)21-16(22)11-4-6-12(7-5-11)25-17(18,19)20/h4-9H,1-3H3,(H,21,22). The summed E-state index contributed by atoms with van der Waals surface area (Å²) in [5.74, 6) is 0.0872. The largest absolute Gasteiger partial charge is 0.573 e. The molecule has 0 radical (unpaired) electrons. The second-order valence-electron chi connectivity index (χ2n) is 5.05. The van der Waals surface area contributed by atoms with Crippen molar-refractivity contribution in [3.05, 3.63) is 47.5 Å². The van der Waals surface area contributed by atoms with Crippen LogP contribution in [-0.4, -0.2) is 26.5 Å². The van der Waals surface area contributed by atoms with Crippen molar-refractivity contribution in [3.8, 4) is 17.2 Å². The highest BCUT2D eigenvalue weighted by molar-refractivity contribution is 6.04. The lowest BCUT2D eigenvalue weighted by Crippen LogP contribution is -2.17. The summed E-state index contributed by atoms with van der Waals surface area (Å²) in [6.45, 7) is 1.78. The summed E-state index contributed by atoms with van der Waals surface area (Å²) >= 11 is 0. The Balaban J connectivity index is 2.17. The maximum Gasteiger partial charge on any atom is 0.573 e. The van der Waals surface area contributed by atoms with E-state index in [1.807, 2.05) is 0 Å². The van der Waals surface area contributed by atoms with Gasteiger partial charge < -0.3 is 19.5 Å². The number of anilines is 1. The number of rotatable bonds is 5. The van der Waals surface area contributed by atoms with Gasteiger partial charge in [0.15, 0.2) is 11.5 Å². The number of carbonyl (C=O) groups excluding carboxylic acids is 1. The molecule has 2 rings (SSSR count). The van der Waals surface area contributed by atoms with E-state index in [9.17, 15) is 18.0 Å². The molecule has 25 heavy (non-hydrogen) atoms. The lowest BCUT2D eigenvalue weighted by molar-refractivity contribution is -0.274. The highest BCUT2D eigenvalue weighted by Crippen LogP contribution is 2.33. The molecule has 0 aliphatic heterocycles. The number of hydrogen-bond acceptors (Lipinski definition) is 4. The molecular formula is C17H16F3NO4. The van der Waals surface area contributed by atoms with Crippen LogP contribution in [0, 0.1) is 6.92 Å². The topological polar surface area (TPSA) is 56.8 Å². The lowest BCUT2D eigenvalue weighted by atomic mass is 10.1. The second-order valence-corrected chi connectivity index (χ2v) is 5.05. The van der Waals surface area contributed by atoms with Crippen molar-refractivity contribution in [2.45, 2.75) is 13.3 Å². The summed E-state index contributed by atoms with van der Waals surface area (Å²) in [5, 5.41) is 2.68. The molecule has 0 saturated heterocycles. The molecule has 2 aromatic carbocycles. The molecule has 0 aromatic heterocycles. The van der Waals surface area contributed by atoms with Crippen molar-refractivity contribution >= 4 is 11.6 Å². The summed E-state index contributed by atoms with van der Waals surface area (Å²) in [6, 6.07) is 7.94. The Bertz CT molecular complexity index is 758. The zero-order chi connectivity index (χ0) is 18.6. The molecule has 0 heterocycles. The summed E-state index contributed by atoms with van der Waals surface area (Å²) in [6.07, 6.45) is -4.78. The second kappa shape index (κ2) is 7.33. The highest BCUT2D eigenvalue weighted by atomic mass is 19.4. The molecule has 0 atom stereocenters. The van der Waals surface area contributed by atoms with Gasteiger partial charge in [0.05, 0.1) is 14.2 Å². The van der Waals surface area contributed by atoms with Crippen LogP contribution in [0.1, 0.15) is 15.9 Å². The fourth-order valence-corrected chi connectivity index (χ4v) is 2.12. The van der Waals surface area contributed by atoms with Crippen molar-refractivity contribution in [1.82, 2.24) is 0 Å². The van der Waals surface area contributed by atoms with Gasteiger partial charge in [0.1, 0.15) is 5.75 Å². The maximum atomic E-state index is 12.3. The first kappa shape index (κ1) is 18.4. The van der Waals surface area contributed by atoms with Crippen molar-refractivity contribution in [3.63, 3.8) is 0 Å². The van der Waals surface area contributed by atoms with E-state index in [0.29, 0.717) is 17.2 Å². The Morgan fingerprint density at radius 2 is 1.56 bits per heavy atom. The number of hydrogen-bond donors (Lipinski definition) is 1. The molecule has 5 nitrogen and oxygen atoms in total. The predicted molar refractivity (Wildman–Crippen MR) is 85.4 cm³/mol. The van der Waals surface area contributed by atoms with Gasteiger partial charge in [0.2, 0.25) is 0 Å². The van der Waals surface area contributed by atoms with Crippen LogP contribution < -0.4 is 19.5 Å². The first-order valence-corrected chi connectivity index (χ1v) is 7.13. The average molecular weight is 355 g/mol. The predicted octanol–water partition coefficient (Wildman–Crippen LogP) is 4.16. The van der Waals surface area contributed by atoms with Gasteiger partial charge in [-0.25, -0.2) is 0 Å². The van der Waals surface area contributed by atoms with E-state index in [1.54, 1.807) is 19.1 Å². The van der Waals surface area contributed by atoms with Gasteiger partial charge in [0.25, 0.3) is 5.91 Å². The molecule has 0 unspecified atom stereocenters. The molecular weight excluding hydrogens is 339 g/mol. The number of aryl methyl sites for hydroxylation is 1. The van der Waals surface area contributed by atoms with Crippen molar-refractivity contribution in [2.24, 2.45) is 0 Å². The van der Waals surface area contributed by atoms with Crippen molar-refractivity contribution in [2.75, 3.05) is 19.5 Å². The van der Waals surface area contributed by atoms with Crippen LogP contribution in [0.5, 0.6) is 17.2 Å². The minimum atomic E-state index is -4.78. The minimum Gasteiger partial charge on any atom is -0.493 e. The SMILES string of the molecule is COc1cc(C)c(NC(=O)c2ccc(OC(F)(F)F)cc2)cc1OC. The number of halogens is 3. The maximum absolute atomic E-state index is 12.3. The van der Waals surface area contributed by atoms with E-state index >= 15 is 0 Å². The molecule has 0 saturated carbocycles. The third kappa shape index (κ3) is 4.79. The van der Waals surface area contributed by atoms with Crippen LogP contribution in [0.4, 0.5) is 18.9 Å². The van der Waals surface area contributed by atoms with Crippen molar-refractivity contribution < 1.29 is 32.2 Å². The fourth-order valence-electron chi connectivity index (χ4n) is 2.12. The number of carbonyl (C=O) groups is 1. The molecule has 0 spiro atoms. The molecule has 134 valence electrons. The zero-order valence-electron chi connectivity index (χ0n) is 13.7. The summed E-state index contributed by atoms with van der Waals surface area (Å²) in [4.78, 5) is 12.3. The molecule has 1 N–H and O–H groups in total. The van der Waals surface area contributed by atoms with Crippen LogP contribution in [0.2, 0.25) is 0 Å². The zero-order valence-corrected chi connectivity index (χ0v) is 13.7. The van der Waals surface area contributed by atoms with Crippen LogP contribution in [0.3, 0.4) is 0 Å². The van der Waals surface area contributed by atoms with E-state index in [1.165, 1.54) is 26.4 Å². The van der Waals surface area contributed by atoms with Gasteiger partial charge in [-0.05, 0) is 42.8 Å². The van der Waals surface area contributed by atoms with Gasteiger partial charge in [-0.3, -0.25) is 4.79 Å². The Morgan fingerprint density at radius 3 is 2.08 bits per heavy atom. The van der Waals surface area contributed by atoms with E-state index in [2.05, 4.69) is 10.1 Å². The van der Waals surface area contributed by atoms with Gasteiger partial charge >= 0.3 is 6.36 Å². The quantitative estimate of drug-likeness (QED) is 0.875. The van der Waals surface area contributed by atoms with Crippen molar-refractivity contribution in [1.29, 1.82) is 0 Å². The number of nitrogens with one attached hydrogen (secondary N) is 1. The van der Waals surface area contributed by atoms with Crippen LogP contribution in [0.15, 0.2) is 36.4 Å². The monoisotopic (exact) mass is 355 g/mol. The summed E-state index contributed by atoms with van der Waals surface area (Å²) in [5.41, 5.74) is 1.42. The first-order chi connectivity index (χ1) is 11.7. The fraction of sp³-hybridized carbons (Fsp3) is 0.235.